The Morgan fingerprint density at radius 3 is 1.83 bits per heavy atom. The lowest BCUT2D eigenvalue weighted by atomic mass is 10.2. The van der Waals surface area contributed by atoms with Crippen molar-refractivity contribution in [1.29, 1.82) is 0 Å². The van der Waals surface area contributed by atoms with Gasteiger partial charge >= 0.3 is 6.09 Å². The van der Waals surface area contributed by atoms with E-state index in [1.54, 1.807) is 4.90 Å². The van der Waals surface area contributed by atoms with Crippen molar-refractivity contribution in [1.82, 2.24) is 4.90 Å². The maximum Gasteiger partial charge on any atom is 0.410 e. The van der Waals surface area contributed by atoms with Crippen molar-refractivity contribution < 1.29 is 19.1 Å². The third-order valence-corrected chi connectivity index (χ3v) is 1.85. The van der Waals surface area contributed by atoms with Gasteiger partial charge in [0.05, 0.1) is 7.11 Å². The summed E-state index contributed by atoms with van der Waals surface area (Å²) < 4.78 is 9.07. The highest BCUT2D eigenvalue weighted by molar-refractivity contribution is 5.68. The van der Waals surface area contributed by atoms with Crippen LogP contribution in [0.1, 0.15) is 47.5 Å². The van der Waals surface area contributed by atoms with Crippen LogP contribution in [0.15, 0.2) is 0 Å². The molecule has 0 unspecified atom stereocenters. The Bertz CT molecular complexity index is 218. The van der Waals surface area contributed by atoms with Gasteiger partial charge in [0.25, 0.3) is 6.47 Å². The predicted molar refractivity (Wildman–Crippen MR) is 71.5 cm³/mol. The summed E-state index contributed by atoms with van der Waals surface area (Å²) in [6.07, 6.45) is 2.05. The molecular weight excluding hydrogens is 234 g/mol. The molecule has 0 atom stereocenters. The second-order valence-corrected chi connectivity index (χ2v) is 4.51. The average Bonchev–Trinajstić information content (AvgIpc) is 2.83. The van der Waals surface area contributed by atoms with Gasteiger partial charge in [0, 0.05) is 13.1 Å². The number of carbonyl (C=O) groups excluding carboxylic acids is 2. The first kappa shape index (κ1) is 19.1. The third kappa shape index (κ3) is 11.2. The van der Waals surface area contributed by atoms with Crippen molar-refractivity contribution in [3.8, 4) is 0 Å². The number of carbonyl (C=O) groups is 2. The summed E-state index contributed by atoms with van der Waals surface area (Å²) in [4.78, 5) is 22.1. The largest absolute Gasteiger partial charge is 0.471 e. The topological polar surface area (TPSA) is 55.8 Å². The molecular formula is C13H27NO4. The van der Waals surface area contributed by atoms with E-state index in [0.29, 0.717) is 6.47 Å². The van der Waals surface area contributed by atoms with E-state index in [0.717, 1.165) is 25.9 Å². The van der Waals surface area contributed by atoms with Crippen LogP contribution in [0.25, 0.3) is 0 Å². The summed E-state index contributed by atoms with van der Waals surface area (Å²) in [6, 6.07) is 0. The SMILES string of the molecule is CC.CC(C)(C)OC(=O)N1CCCC1.COC=O. The highest BCUT2D eigenvalue weighted by Gasteiger charge is 2.23. The van der Waals surface area contributed by atoms with Crippen LogP contribution < -0.4 is 0 Å². The Morgan fingerprint density at radius 2 is 1.56 bits per heavy atom. The first-order valence-corrected chi connectivity index (χ1v) is 6.35. The van der Waals surface area contributed by atoms with Gasteiger partial charge in [-0.15, -0.1) is 0 Å². The van der Waals surface area contributed by atoms with E-state index in [1.807, 2.05) is 34.6 Å². The Kier molecular flexibility index (Phi) is 11.5. The summed E-state index contributed by atoms with van der Waals surface area (Å²) in [5.41, 5.74) is -0.361. The minimum atomic E-state index is -0.361. The number of rotatable bonds is 1. The molecule has 1 saturated heterocycles. The molecule has 0 aromatic carbocycles. The zero-order chi connectivity index (χ0) is 14.6. The molecule has 0 aliphatic carbocycles. The molecule has 5 heteroatoms. The first-order valence-electron chi connectivity index (χ1n) is 6.35. The predicted octanol–water partition coefficient (Wildman–Crippen LogP) is 2.83. The molecule has 108 valence electrons. The van der Waals surface area contributed by atoms with Crippen LogP contribution in [0.4, 0.5) is 4.79 Å². The van der Waals surface area contributed by atoms with Gasteiger partial charge in [-0.1, -0.05) is 13.8 Å². The van der Waals surface area contributed by atoms with Gasteiger partial charge < -0.3 is 14.4 Å². The molecule has 0 saturated carbocycles. The maximum atomic E-state index is 11.4. The number of hydrogen-bond donors (Lipinski definition) is 0. The van der Waals surface area contributed by atoms with Gasteiger partial charge in [-0.05, 0) is 33.6 Å². The van der Waals surface area contributed by atoms with Crippen molar-refractivity contribution in [3.63, 3.8) is 0 Å². The first-order chi connectivity index (χ1) is 8.40. The minimum absolute atomic E-state index is 0.167. The number of methoxy groups -OCH3 is 1. The van der Waals surface area contributed by atoms with E-state index in [1.165, 1.54) is 7.11 Å². The Morgan fingerprint density at radius 1 is 1.17 bits per heavy atom. The van der Waals surface area contributed by atoms with Crippen LogP contribution in [0.2, 0.25) is 0 Å². The smallest absolute Gasteiger partial charge is 0.410 e. The monoisotopic (exact) mass is 261 g/mol. The molecule has 1 amide bonds. The van der Waals surface area contributed by atoms with E-state index in [2.05, 4.69) is 4.74 Å². The molecule has 0 aromatic heterocycles. The summed E-state index contributed by atoms with van der Waals surface area (Å²) in [5, 5.41) is 0. The average molecular weight is 261 g/mol. The van der Waals surface area contributed by atoms with Gasteiger partial charge in [-0.3, -0.25) is 4.79 Å². The van der Waals surface area contributed by atoms with E-state index in [4.69, 9.17) is 9.53 Å². The van der Waals surface area contributed by atoms with E-state index >= 15 is 0 Å². The number of ether oxygens (including phenoxy) is 2. The normalized spacial score (nSPS) is 13.6. The van der Waals surface area contributed by atoms with Gasteiger partial charge in [0.15, 0.2) is 0 Å². The molecule has 1 aliphatic rings. The van der Waals surface area contributed by atoms with Crippen molar-refractivity contribution in [3.05, 3.63) is 0 Å². The van der Waals surface area contributed by atoms with Crippen LogP contribution in [-0.4, -0.2) is 43.3 Å². The zero-order valence-electron chi connectivity index (χ0n) is 12.5. The molecule has 18 heavy (non-hydrogen) atoms. The highest BCUT2D eigenvalue weighted by Crippen LogP contribution is 2.14. The summed E-state index contributed by atoms with van der Waals surface area (Å²) >= 11 is 0. The lowest BCUT2D eigenvalue weighted by molar-refractivity contribution is -0.126. The highest BCUT2D eigenvalue weighted by atomic mass is 16.6. The minimum Gasteiger partial charge on any atom is -0.471 e. The lowest BCUT2D eigenvalue weighted by Crippen LogP contribution is -2.34. The fourth-order valence-corrected chi connectivity index (χ4v) is 1.23. The third-order valence-electron chi connectivity index (χ3n) is 1.85. The number of amides is 1. The molecule has 0 spiro atoms. The van der Waals surface area contributed by atoms with Gasteiger partial charge in [-0.25, -0.2) is 4.79 Å². The number of nitrogens with zero attached hydrogens (tertiary/aromatic N) is 1. The van der Waals surface area contributed by atoms with Crippen LogP contribution in [0.5, 0.6) is 0 Å². The molecule has 1 fully saturated rings. The van der Waals surface area contributed by atoms with Crippen LogP contribution in [0, 0.1) is 0 Å². The summed E-state index contributed by atoms with van der Waals surface area (Å²) in [6.45, 7) is 11.8. The maximum absolute atomic E-state index is 11.4. The van der Waals surface area contributed by atoms with Crippen molar-refractivity contribution in [2.75, 3.05) is 20.2 Å². The molecule has 1 rings (SSSR count). The quantitative estimate of drug-likeness (QED) is 0.681. The van der Waals surface area contributed by atoms with E-state index in [-0.39, 0.29) is 11.7 Å². The van der Waals surface area contributed by atoms with Crippen LogP contribution in [0.3, 0.4) is 0 Å². The molecule has 0 radical (unpaired) electrons. The second kappa shape index (κ2) is 10.9. The van der Waals surface area contributed by atoms with E-state index < -0.39 is 0 Å². The fraction of sp³-hybridized carbons (Fsp3) is 0.846. The molecule has 1 heterocycles. The summed E-state index contributed by atoms with van der Waals surface area (Å²) in [5.74, 6) is 0. The lowest BCUT2D eigenvalue weighted by Gasteiger charge is -2.23. The number of hydrogen-bond acceptors (Lipinski definition) is 4. The summed E-state index contributed by atoms with van der Waals surface area (Å²) in [7, 11) is 1.31. The molecule has 1 aliphatic heterocycles. The van der Waals surface area contributed by atoms with Crippen LogP contribution in [-0.2, 0) is 14.3 Å². The number of likely N-dealkylation sites (tertiary alicyclic amines) is 1. The Labute approximate surface area is 110 Å². The van der Waals surface area contributed by atoms with Gasteiger partial charge in [0.2, 0.25) is 0 Å². The van der Waals surface area contributed by atoms with Crippen molar-refractivity contribution in [2.45, 2.75) is 53.1 Å². The zero-order valence-corrected chi connectivity index (χ0v) is 12.5. The van der Waals surface area contributed by atoms with Crippen molar-refractivity contribution >= 4 is 12.6 Å². The Hall–Kier alpha value is -1.26. The standard InChI is InChI=1S/C9H17NO2.C2H4O2.C2H6/c1-9(2,3)12-8(11)10-6-4-5-7-10;1-4-2-3;1-2/h4-7H2,1-3H3;2H,1H3;1-2H3. The van der Waals surface area contributed by atoms with Gasteiger partial charge in [-0.2, -0.15) is 0 Å². The second-order valence-electron chi connectivity index (χ2n) is 4.51. The van der Waals surface area contributed by atoms with Gasteiger partial charge in [0.1, 0.15) is 5.60 Å². The molecule has 0 N–H and O–H groups in total. The Balaban J connectivity index is 0. The van der Waals surface area contributed by atoms with E-state index in [9.17, 15) is 4.79 Å². The fourth-order valence-electron chi connectivity index (χ4n) is 1.23. The molecule has 0 bridgehead atoms. The molecule has 0 aromatic rings. The molecule has 5 nitrogen and oxygen atoms in total. The van der Waals surface area contributed by atoms with Crippen molar-refractivity contribution in [2.24, 2.45) is 0 Å². The van der Waals surface area contributed by atoms with Crippen LogP contribution >= 0.6 is 0 Å².